The lowest BCUT2D eigenvalue weighted by atomic mass is 10.3. The predicted octanol–water partition coefficient (Wildman–Crippen LogP) is 3.10. The van der Waals surface area contributed by atoms with Crippen molar-refractivity contribution in [2.24, 2.45) is 5.14 Å². The molecule has 1 heterocycles. The molecule has 0 amide bonds. The first-order valence-electron chi connectivity index (χ1n) is 7.55. The summed E-state index contributed by atoms with van der Waals surface area (Å²) in [4.78, 5) is 0.0616. The Morgan fingerprint density at radius 1 is 1.08 bits per heavy atom. The first-order valence-corrected chi connectivity index (χ1v) is 10.9. The van der Waals surface area contributed by atoms with Crippen molar-refractivity contribution < 1.29 is 13.2 Å². The average Bonchev–Trinajstić information content (AvgIpc) is 3.06. The minimum absolute atomic E-state index is 0.0616. The van der Waals surface area contributed by atoms with Crippen LogP contribution in [0.3, 0.4) is 0 Å². The lowest BCUT2D eigenvalue weighted by Gasteiger charge is -2.05. The monoisotopic (exact) mass is 408 g/mol. The molecule has 3 rings (SSSR count). The van der Waals surface area contributed by atoms with Gasteiger partial charge in [-0.2, -0.15) is 0 Å². The molecule has 2 aromatic carbocycles. The maximum atomic E-state index is 11.2. The Balaban J connectivity index is 1.44. The van der Waals surface area contributed by atoms with Crippen LogP contribution in [-0.2, 0) is 10.0 Å². The van der Waals surface area contributed by atoms with Crippen LogP contribution in [0.25, 0.3) is 0 Å². The molecule has 0 saturated heterocycles. The van der Waals surface area contributed by atoms with Crippen LogP contribution in [0.2, 0.25) is 0 Å². The number of para-hydroxylation sites is 1. The van der Waals surface area contributed by atoms with E-state index in [9.17, 15) is 8.42 Å². The first-order chi connectivity index (χ1) is 12.5. The second-order valence-electron chi connectivity index (χ2n) is 5.08. The van der Waals surface area contributed by atoms with Crippen LogP contribution in [0.15, 0.2) is 63.8 Å². The third-order valence-corrected chi connectivity index (χ3v) is 6.03. The number of aromatic nitrogens is 2. The molecule has 1 aromatic heterocycles. The van der Waals surface area contributed by atoms with Crippen molar-refractivity contribution in [2.45, 2.75) is 9.24 Å². The maximum absolute atomic E-state index is 11.2. The van der Waals surface area contributed by atoms with E-state index in [4.69, 9.17) is 9.88 Å². The van der Waals surface area contributed by atoms with Gasteiger partial charge in [-0.25, -0.2) is 13.6 Å². The number of nitrogens with one attached hydrogen (secondary N) is 1. The van der Waals surface area contributed by atoms with Gasteiger partial charge in [-0.3, -0.25) is 0 Å². The number of hydrogen-bond donors (Lipinski definition) is 2. The van der Waals surface area contributed by atoms with E-state index in [1.807, 2.05) is 30.3 Å². The molecular formula is C16H16N4O3S3. The van der Waals surface area contributed by atoms with Crippen molar-refractivity contribution in [3.05, 3.63) is 54.6 Å². The summed E-state index contributed by atoms with van der Waals surface area (Å²) in [7, 11) is -3.68. The number of rotatable bonds is 8. The number of benzene rings is 2. The third kappa shape index (κ3) is 5.43. The van der Waals surface area contributed by atoms with Gasteiger partial charge < -0.3 is 10.1 Å². The van der Waals surface area contributed by atoms with Gasteiger partial charge in [0, 0.05) is 11.4 Å². The van der Waals surface area contributed by atoms with E-state index in [1.54, 1.807) is 23.9 Å². The fourth-order valence-corrected chi connectivity index (χ4v) is 4.15. The van der Waals surface area contributed by atoms with Crippen LogP contribution in [0.4, 0.5) is 10.8 Å². The molecule has 26 heavy (non-hydrogen) atoms. The number of thioether (sulfide) groups is 1. The van der Waals surface area contributed by atoms with Gasteiger partial charge in [-0.05, 0) is 36.4 Å². The molecule has 0 saturated carbocycles. The van der Waals surface area contributed by atoms with Gasteiger partial charge in [0.05, 0.1) is 11.5 Å². The molecule has 0 spiro atoms. The fraction of sp³-hybridized carbons (Fsp3) is 0.125. The summed E-state index contributed by atoms with van der Waals surface area (Å²) < 4.78 is 28.8. The van der Waals surface area contributed by atoms with Gasteiger partial charge in [0.25, 0.3) is 0 Å². The number of hydrogen-bond acceptors (Lipinski definition) is 8. The van der Waals surface area contributed by atoms with Crippen LogP contribution < -0.4 is 15.2 Å². The minimum atomic E-state index is -3.68. The highest BCUT2D eigenvalue weighted by atomic mass is 32.2. The normalized spacial score (nSPS) is 11.3. The number of nitrogens with zero attached hydrogens (tertiary/aromatic N) is 2. The van der Waals surface area contributed by atoms with Crippen LogP contribution in [0, 0.1) is 0 Å². The summed E-state index contributed by atoms with van der Waals surface area (Å²) in [6.07, 6.45) is 0. The Bertz CT molecular complexity index is 944. The van der Waals surface area contributed by atoms with E-state index in [1.165, 1.54) is 23.5 Å². The minimum Gasteiger partial charge on any atom is -0.493 e. The molecule has 3 N–H and O–H groups in total. The van der Waals surface area contributed by atoms with Crippen molar-refractivity contribution in [3.8, 4) is 5.75 Å². The maximum Gasteiger partial charge on any atom is 0.238 e. The Kier molecular flexibility index (Phi) is 6.09. The van der Waals surface area contributed by atoms with Crippen molar-refractivity contribution >= 4 is 43.9 Å². The highest BCUT2D eigenvalue weighted by molar-refractivity contribution is 8.01. The summed E-state index contributed by atoms with van der Waals surface area (Å²) in [6.45, 7) is 0.459. The summed E-state index contributed by atoms with van der Waals surface area (Å²) in [5.41, 5.74) is 0.964. The molecule has 7 nitrogen and oxygen atoms in total. The second-order valence-corrected chi connectivity index (χ2v) is 8.96. The van der Waals surface area contributed by atoms with Gasteiger partial charge in [-0.15, -0.1) is 10.2 Å². The Hall–Kier alpha value is -2.14. The van der Waals surface area contributed by atoms with Crippen LogP contribution in [0.1, 0.15) is 0 Å². The standard InChI is InChI=1S/C16H16N4O3S3/c17-26(21,22)14-8-6-13(7-9-14)23-10-11-24-16-20-19-15(25-16)18-12-4-2-1-3-5-12/h1-9H,10-11H2,(H,18,19)(H2,17,21,22). The van der Waals surface area contributed by atoms with E-state index in [0.29, 0.717) is 18.1 Å². The fourth-order valence-electron chi connectivity index (χ4n) is 1.98. The number of sulfonamides is 1. The zero-order chi connectivity index (χ0) is 18.4. The van der Waals surface area contributed by atoms with Gasteiger partial charge >= 0.3 is 0 Å². The van der Waals surface area contributed by atoms with Gasteiger partial charge in [-0.1, -0.05) is 41.3 Å². The number of anilines is 2. The van der Waals surface area contributed by atoms with E-state index in [2.05, 4.69) is 15.5 Å². The molecule has 136 valence electrons. The molecule has 10 heteroatoms. The SMILES string of the molecule is NS(=O)(=O)c1ccc(OCCSc2nnc(Nc3ccccc3)s2)cc1. The van der Waals surface area contributed by atoms with Crippen LogP contribution >= 0.6 is 23.1 Å². The van der Waals surface area contributed by atoms with Crippen molar-refractivity contribution in [1.82, 2.24) is 10.2 Å². The van der Waals surface area contributed by atoms with Gasteiger partial charge in [0.15, 0.2) is 4.34 Å². The topological polar surface area (TPSA) is 107 Å². The van der Waals surface area contributed by atoms with Crippen molar-refractivity contribution in [1.29, 1.82) is 0 Å². The molecule has 0 fully saturated rings. The van der Waals surface area contributed by atoms with E-state index in [-0.39, 0.29) is 4.90 Å². The molecule has 0 atom stereocenters. The molecule has 0 bridgehead atoms. The molecule has 0 aliphatic carbocycles. The predicted molar refractivity (Wildman–Crippen MR) is 104 cm³/mol. The van der Waals surface area contributed by atoms with Crippen molar-refractivity contribution in [2.75, 3.05) is 17.7 Å². The van der Waals surface area contributed by atoms with Gasteiger partial charge in [0.2, 0.25) is 15.2 Å². The molecule has 0 unspecified atom stereocenters. The molecule has 0 aliphatic heterocycles. The van der Waals surface area contributed by atoms with Crippen molar-refractivity contribution in [3.63, 3.8) is 0 Å². The molecule has 0 radical (unpaired) electrons. The summed E-state index contributed by atoms with van der Waals surface area (Å²) in [5.74, 6) is 1.28. The van der Waals surface area contributed by atoms with Gasteiger partial charge in [0.1, 0.15) is 5.75 Å². The molecular weight excluding hydrogens is 392 g/mol. The second kappa shape index (κ2) is 8.49. The molecule has 3 aromatic rings. The quantitative estimate of drug-likeness (QED) is 0.435. The first kappa shape index (κ1) is 18.6. The summed E-state index contributed by atoms with van der Waals surface area (Å²) in [6, 6.07) is 15.8. The third-order valence-electron chi connectivity index (χ3n) is 3.16. The van der Waals surface area contributed by atoms with E-state index < -0.39 is 10.0 Å². The zero-order valence-electron chi connectivity index (χ0n) is 13.5. The Morgan fingerprint density at radius 2 is 1.81 bits per heavy atom. The highest BCUT2D eigenvalue weighted by Crippen LogP contribution is 2.27. The molecule has 0 aliphatic rings. The van der Waals surface area contributed by atoms with E-state index in [0.717, 1.165) is 15.2 Å². The average molecular weight is 409 g/mol. The largest absolute Gasteiger partial charge is 0.493 e. The Morgan fingerprint density at radius 3 is 2.50 bits per heavy atom. The van der Waals surface area contributed by atoms with E-state index >= 15 is 0 Å². The number of nitrogens with two attached hydrogens (primary N) is 1. The summed E-state index contributed by atoms with van der Waals surface area (Å²) >= 11 is 3.01. The lowest BCUT2D eigenvalue weighted by molar-refractivity contribution is 0.343. The van der Waals surface area contributed by atoms with Crippen LogP contribution in [0.5, 0.6) is 5.75 Å². The lowest BCUT2D eigenvalue weighted by Crippen LogP contribution is -2.11. The van der Waals surface area contributed by atoms with Crippen LogP contribution in [-0.4, -0.2) is 31.0 Å². The number of primary sulfonamides is 1. The summed E-state index contributed by atoms with van der Waals surface area (Å²) in [5, 5.41) is 17.2. The number of ether oxygens (including phenoxy) is 1. The Labute approximate surface area is 159 Å². The zero-order valence-corrected chi connectivity index (χ0v) is 16.0. The highest BCUT2D eigenvalue weighted by Gasteiger charge is 2.08. The smallest absolute Gasteiger partial charge is 0.238 e.